The maximum Gasteiger partial charge on any atom is 0.346 e. The zero-order valence-electron chi connectivity index (χ0n) is 11.4. The number of benzene rings is 1. The van der Waals surface area contributed by atoms with E-state index in [1.807, 2.05) is 0 Å². The molecular formula is C15H18O2S. The number of hydrogen-bond acceptors (Lipinski definition) is 2. The van der Waals surface area contributed by atoms with E-state index in [0.29, 0.717) is 4.88 Å². The summed E-state index contributed by atoms with van der Waals surface area (Å²) in [5, 5.41) is 10.5. The van der Waals surface area contributed by atoms with Gasteiger partial charge in [-0.25, -0.2) is 4.79 Å². The van der Waals surface area contributed by atoms with Crippen molar-refractivity contribution in [3.05, 3.63) is 33.7 Å². The lowest BCUT2D eigenvalue weighted by Crippen LogP contribution is -2.14. The third kappa shape index (κ3) is 2.03. The molecule has 0 amide bonds. The molecule has 0 saturated heterocycles. The molecule has 1 N–H and O–H groups in total. The minimum Gasteiger partial charge on any atom is -0.477 e. The molecule has 18 heavy (non-hydrogen) atoms. The molecule has 0 spiro atoms. The van der Waals surface area contributed by atoms with Gasteiger partial charge in [-0.3, -0.25) is 0 Å². The van der Waals surface area contributed by atoms with Gasteiger partial charge in [0.25, 0.3) is 0 Å². The van der Waals surface area contributed by atoms with Crippen LogP contribution >= 0.6 is 11.3 Å². The summed E-state index contributed by atoms with van der Waals surface area (Å²) in [5.41, 5.74) is 3.22. The summed E-state index contributed by atoms with van der Waals surface area (Å²) in [6.07, 6.45) is 0. The first kappa shape index (κ1) is 13.1. The molecule has 96 valence electrons. The van der Waals surface area contributed by atoms with E-state index in [-0.39, 0.29) is 5.41 Å². The van der Waals surface area contributed by atoms with Crippen LogP contribution < -0.4 is 0 Å². The number of aryl methyl sites for hydroxylation is 2. The molecule has 0 aliphatic carbocycles. The van der Waals surface area contributed by atoms with Crippen molar-refractivity contribution in [3.63, 3.8) is 0 Å². The van der Waals surface area contributed by atoms with Gasteiger partial charge in [0.2, 0.25) is 0 Å². The Labute approximate surface area is 111 Å². The van der Waals surface area contributed by atoms with E-state index in [1.165, 1.54) is 22.5 Å². The lowest BCUT2D eigenvalue weighted by molar-refractivity contribution is 0.0700. The number of carbonyl (C=O) groups is 1. The number of thiophene rings is 1. The van der Waals surface area contributed by atoms with Crippen LogP contribution in [0.15, 0.2) is 12.1 Å². The molecule has 3 heteroatoms. The predicted molar refractivity (Wildman–Crippen MR) is 77.0 cm³/mol. The molecule has 0 aliphatic heterocycles. The Hall–Kier alpha value is -1.35. The van der Waals surface area contributed by atoms with E-state index in [0.717, 1.165) is 15.6 Å². The lowest BCUT2D eigenvalue weighted by atomic mass is 9.84. The second kappa shape index (κ2) is 4.09. The third-order valence-corrected chi connectivity index (χ3v) is 4.39. The monoisotopic (exact) mass is 262 g/mol. The number of carboxylic acids is 1. The highest BCUT2D eigenvalue weighted by molar-refractivity contribution is 7.21. The van der Waals surface area contributed by atoms with Crippen molar-refractivity contribution < 1.29 is 9.90 Å². The average Bonchev–Trinajstić information content (AvgIpc) is 2.56. The van der Waals surface area contributed by atoms with Gasteiger partial charge in [0.05, 0.1) is 0 Å². The summed E-state index contributed by atoms with van der Waals surface area (Å²) in [7, 11) is 0. The van der Waals surface area contributed by atoms with Crippen LogP contribution in [0.3, 0.4) is 0 Å². The Morgan fingerprint density at radius 3 is 2.22 bits per heavy atom. The van der Waals surface area contributed by atoms with E-state index in [2.05, 4.69) is 46.8 Å². The Balaban J connectivity index is 2.90. The first-order valence-corrected chi connectivity index (χ1v) is 6.81. The third-order valence-electron chi connectivity index (χ3n) is 3.25. The number of carboxylic acid groups (broad SMARTS) is 1. The van der Waals surface area contributed by atoms with Gasteiger partial charge in [-0.15, -0.1) is 11.3 Å². The van der Waals surface area contributed by atoms with Crippen LogP contribution in [-0.4, -0.2) is 11.1 Å². The van der Waals surface area contributed by atoms with Crippen molar-refractivity contribution in [2.45, 2.75) is 40.0 Å². The Morgan fingerprint density at radius 1 is 1.17 bits per heavy atom. The highest BCUT2D eigenvalue weighted by atomic mass is 32.1. The Morgan fingerprint density at radius 2 is 1.72 bits per heavy atom. The summed E-state index contributed by atoms with van der Waals surface area (Å²) < 4.78 is 1.07. The normalized spacial score (nSPS) is 12.1. The zero-order chi connectivity index (χ0) is 13.7. The van der Waals surface area contributed by atoms with Crippen LogP contribution in [0.25, 0.3) is 10.1 Å². The molecule has 2 rings (SSSR count). The minimum atomic E-state index is -0.823. The maximum atomic E-state index is 11.4. The second-order valence-corrected chi connectivity index (χ2v) is 6.85. The summed E-state index contributed by atoms with van der Waals surface area (Å²) in [6, 6.07) is 4.21. The standard InChI is InChI=1S/C15H18O2S/c1-8-6-10-11(7-9(8)2)18-13(14(16)17)12(10)15(3,4)5/h6-7H,1-5H3,(H,16,17). The smallest absolute Gasteiger partial charge is 0.346 e. The summed E-state index contributed by atoms with van der Waals surface area (Å²) >= 11 is 1.38. The fourth-order valence-electron chi connectivity index (χ4n) is 2.25. The van der Waals surface area contributed by atoms with Gasteiger partial charge in [-0.2, -0.15) is 0 Å². The number of rotatable bonds is 1. The van der Waals surface area contributed by atoms with Gasteiger partial charge in [0.15, 0.2) is 0 Å². The van der Waals surface area contributed by atoms with E-state index in [4.69, 9.17) is 0 Å². The fraction of sp³-hybridized carbons (Fsp3) is 0.400. The first-order valence-electron chi connectivity index (χ1n) is 5.99. The fourth-order valence-corrected chi connectivity index (χ4v) is 3.58. The van der Waals surface area contributed by atoms with E-state index < -0.39 is 5.97 Å². The molecule has 0 radical (unpaired) electrons. The lowest BCUT2D eigenvalue weighted by Gasteiger charge is -2.19. The maximum absolute atomic E-state index is 11.4. The van der Waals surface area contributed by atoms with E-state index in [9.17, 15) is 9.90 Å². The Bertz CT molecular complexity index is 630. The van der Waals surface area contributed by atoms with Crippen LogP contribution in [-0.2, 0) is 5.41 Å². The van der Waals surface area contributed by atoms with Crippen LogP contribution in [0.1, 0.15) is 47.1 Å². The summed E-state index contributed by atoms with van der Waals surface area (Å²) in [5.74, 6) is -0.823. The molecule has 2 aromatic rings. The van der Waals surface area contributed by atoms with Gasteiger partial charge in [0, 0.05) is 4.70 Å². The van der Waals surface area contributed by atoms with E-state index in [1.54, 1.807) is 0 Å². The molecule has 1 aromatic carbocycles. The van der Waals surface area contributed by atoms with Crippen molar-refractivity contribution in [1.82, 2.24) is 0 Å². The van der Waals surface area contributed by atoms with Crippen molar-refractivity contribution in [2.75, 3.05) is 0 Å². The molecule has 1 aromatic heterocycles. The van der Waals surface area contributed by atoms with Crippen molar-refractivity contribution in [3.8, 4) is 0 Å². The molecule has 0 aliphatic rings. The second-order valence-electron chi connectivity index (χ2n) is 5.79. The van der Waals surface area contributed by atoms with Crippen LogP contribution in [0.2, 0.25) is 0 Å². The molecule has 0 atom stereocenters. The molecule has 0 saturated carbocycles. The van der Waals surface area contributed by atoms with Crippen molar-refractivity contribution >= 4 is 27.4 Å². The average molecular weight is 262 g/mol. The predicted octanol–water partition coefficient (Wildman–Crippen LogP) is 4.51. The van der Waals surface area contributed by atoms with Gasteiger partial charge >= 0.3 is 5.97 Å². The molecule has 0 bridgehead atoms. The topological polar surface area (TPSA) is 37.3 Å². The highest BCUT2D eigenvalue weighted by Gasteiger charge is 2.27. The zero-order valence-corrected chi connectivity index (χ0v) is 12.2. The minimum absolute atomic E-state index is 0.159. The van der Waals surface area contributed by atoms with Crippen LogP contribution in [0.5, 0.6) is 0 Å². The Kier molecular flexibility index (Phi) is 2.98. The van der Waals surface area contributed by atoms with Crippen molar-refractivity contribution in [2.24, 2.45) is 0 Å². The molecule has 1 heterocycles. The first-order chi connectivity index (χ1) is 8.21. The van der Waals surface area contributed by atoms with Gasteiger partial charge in [-0.05, 0) is 47.4 Å². The highest BCUT2D eigenvalue weighted by Crippen LogP contribution is 2.40. The molecule has 0 unspecified atom stereocenters. The van der Waals surface area contributed by atoms with Gasteiger partial charge < -0.3 is 5.11 Å². The van der Waals surface area contributed by atoms with Crippen molar-refractivity contribution in [1.29, 1.82) is 0 Å². The van der Waals surface area contributed by atoms with Gasteiger partial charge in [0.1, 0.15) is 4.88 Å². The molecule has 2 nitrogen and oxygen atoms in total. The quantitative estimate of drug-likeness (QED) is 0.820. The summed E-state index contributed by atoms with van der Waals surface area (Å²) in [6.45, 7) is 10.3. The molecular weight excluding hydrogens is 244 g/mol. The summed E-state index contributed by atoms with van der Waals surface area (Å²) in [4.78, 5) is 11.9. The number of hydrogen-bond donors (Lipinski definition) is 1. The number of fused-ring (bicyclic) bond motifs is 1. The van der Waals surface area contributed by atoms with E-state index >= 15 is 0 Å². The van der Waals surface area contributed by atoms with Crippen LogP contribution in [0.4, 0.5) is 0 Å². The largest absolute Gasteiger partial charge is 0.477 e. The molecule has 0 fully saturated rings. The van der Waals surface area contributed by atoms with Crippen LogP contribution in [0, 0.1) is 13.8 Å². The van der Waals surface area contributed by atoms with Gasteiger partial charge in [-0.1, -0.05) is 26.8 Å². The number of aromatic carboxylic acids is 1. The SMILES string of the molecule is Cc1cc2sc(C(=O)O)c(C(C)(C)C)c2cc1C.